The predicted octanol–water partition coefficient (Wildman–Crippen LogP) is 3.07. The Labute approximate surface area is 128 Å². The van der Waals surface area contributed by atoms with E-state index in [1.165, 1.54) is 25.7 Å². The average molecular weight is 294 g/mol. The van der Waals surface area contributed by atoms with Gasteiger partial charge >= 0.3 is 0 Å². The fourth-order valence-electron chi connectivity index (χ4n) is 2.24. The molecule has 1 atom stereocenters. The molecule has 0 aliphatic rings. The van der Waals surface area contributed by atoms with Gasteiger partial charge in [-0.05, 0) is 50.2 Å². The van der Waals surface area contributed by atoms with E-state index in [1.54, 1.807) is 12.1 Å². The van der Waals surface area contributed by atoms with E-state index in [-0.39, 0.29) is 11.9 Å². The first-order chi connectivity index (χ1) is 10.2. The van der Waals surface area contributed by atoms with Gasteiger partial charge in [0.25, 0.3) is 0 Å². The lowest BCUT2D eigenvalue weighted by Gasteiger charge is -2.25. The highest BCUT2D eigenvalue weighted by Gasteiger charge is 2.11. The molecule has 0 spiro atoms. The summed E-state index contributed by atoms with van der Waals surface area (Å²) in [5, 5.41) is 22.6. The highest BCUT2D eigenvalue weighted by atomic mass is 16.3. The Morgan fingerprint density at radius 1 is 1.05 bits per heavy atom. The maximum absolute atomic E-state index is 10.2. The number of unbranched alkanes of at least 4 members (excludes halogenated alkanes) is 2. The van der Waals surface area contributed by atoms with Crippen molar-refractivity contribution in [3.05, 3.63) is 24.3 Å². The smallest absolute Gasteiger partial charge is 0.115 e. The number of aromatic hydroxyl groups is 1. The molecule has 0 aliphatic carbocycles. The van der Waals surface area contributed by atoms with Crippen LogP contribution in [0.15, 0.2) is 24.3 Å². The van der Waals surface area contributed by atoms with Crippen molar-refractivity contribution in [3.63, 3.8) is 0 Å². The molecule has 0 aliphatic heterocycles. The Hall–Kier alpha value is -1.26. The molecule has 0 bridgehead atoms. The minimum atomic E-state index is -0.382. The summed E-state index contributed by atoms with van der Waals surface area (Å²) in [5.41, 5.74) is 0.917. The number of nitrogens with zero attached hydrogens (tertiary/aromatic N) is 1. The number of benzene rings is 1. The van der Waals surface area contributed by atoms with Crippen LogP contribution in [0.1, 0.15) is 39.5 Å². The normalized spacial score (nSPS) is 12.6. The molecule has 1 aromatic rings. The molecule has 1 aromatic carbocycles. The second-order valence-corrected chi connectivity index (χ2v) is 5.59. The van der Waals surface area contributed by atoms with E-state index in [9.17, 15) is 10.2 Å². The minimum absolute atomic E-state index is 0.256. The standard InChI is InChI=1S/C17H30N2O2/c1-3-5-11-19(12-6-4-2)14-17(21)13-18-15-7-9-16(20)10-8-15/h7-10,17-18,20-21H,3-6,11-14H2,1-2H3. The quantitative estimate of drug-likeness (QED) is 0.549. The zero-order chi connectivity index (χ0) is 15.5. The first kappa shape index (κ1) is 17.8. The Morgan fingerprint density at radius 2 is 1.62 bits per heavy atom. The summed E-state index contributed by atoms with van der Waals surface area (Å²) in [4.78, 5) is 2.36. The fourth-order valence-corrected chi connectivity index (χ4v) is 2.24. The van der Waals surface area contributed by atoms with Gasteiger partial charge in [0.2, 0.25) is 0 Å². The third-order valence-electron chi connectivity index (χ3n) is 3.53. The molecule has 1 rings (SSSR count). The number of hydrogen-bond acceptors (Lipinski definition) is 4. The second kappa shape index (κ2) is 10.5. The molecule has 0 amide bonds. The molecule has 0 radical (unpaired) electrons. The van der Waals surface area contributed by atoms with Crippen LogP contribution in [0.2, 0.25) is 0 Å². The van der Waals surface area contributed by atoms with Crippen LogP contribution in [0.3, 0.4) is 0 Å². The van der Waals surface area contributed by atoms with Gasteiger partial charge in [-0.2, -0.15) is 0 Å². The SMILES string of the molecule is CCCCN(CCCC)CC(O)CNc1ccc(O)cc1. The molecular formula is C17H30N2O2. The van der Waals surface area contributed by atoms with Crippen molar-refractivity contribution in [2.45, 2.75) is 45.6 Å². The van der Waals surface area contributed by atoms with Crippen LogP contribution < -0.4 is 5.32 Å². The van der Waals surface area contributed by atoms with Crippen molar-refractivity contribution in [1.29, 1.82) is 0 Å². The van der Waals surface area contributed by atoms with Gasteiger partial charge in [0.05, 0.1) is 6.10 Å². The van der Waals surface area contributed by atoms with Crippen molar-refractivity contribution in [3.8, 4) is 5.75 Å². The third-order valence-corrected chi connectivity index (χ3v) is 3.53. The lowest BCUT2D eigenvalue weighted by Crippen LogP contribution is -2.37. The number of nitrogens with one attached hydrogen (secondary N) is 1. The molecule has 3 N–H and O–H groups in total. The number of anilines is 1. The van der Waals surface area contributed by atoms with Crippen LogP contribution in [-0.2, 0) is 0 Å². The maximum atomic E-state index is 10.2. The van der Waals surface area contributed by atoms with Crippen LogP contribution in [0, 0.1) is 0 Å². The maximum Gasteiger partial charge on any atom is 0.115 e. The van der Waals surface area contributed by atoms with Gasteiger partial charge in [0.15, 0.2) is 0 Å². The number of rotatable bonds is 11. The summed E-state index contributed by atoms with van der Waals surface area (Å²) in [5.74, 6) is 0.256. The predicted molar refractivity (Wildman–Crippen MR) is 88.9 cm³/mol. The van der Waals surface area contributed by atoms with Crippen LogP contribution in [0.5, 0.6) is 5.75 Å². The molecule has 0 fully saturated rings. The van der Waals surface area contributed by atoms with E-state index in [1.807, 2.05) is 12.1 Å². The topological polar surface area (TPSA) is 55.7 Å². The monoisotopic (exact) mass is 294 g/mol. The molecule has 120 valence electrons. The average Bonchev–Trinajstić information content (AvgIpc) is 2.49. The zero-order valence-corrected chi connectivity index (χ0v) is 13.4. The molecular weight excluding hydrogens is 264 g/mol. The van der Waals surface area contributed by atoms with Gasteiger partial charge in [-0.25, -0.2) is 0 Å². The number of aliphatic hydroxyl groups is 1. The molecule has 0 heterocycles. The van der Waals surface area contributed by atoms with Crippen LogP contribution in [0.25, 0.3) is 0 Å². The lowest BCUT2D eigenvalue weighted by atomic mass is 10.2. The first-order valence-electron chi connectivity index (χ1n) is 8.09. The zero-order valence-electron chi connectivity index (χ0n) is 13.4. The van der Waals surface area contributed by atoms with E-state index in [2.05, 4.69) is 24.1 Å². The van der Waals surface area contributed by atoms with Crippen molar-refractivity contribution in [2.24, 2.45) is 0 Å². The van der Waals surface area contributed by atoms with Crippen molar-refractivity contribution in [1.82, 2.24) is 4.90 Å². The van der Waals surface area contributed by atoms with E-state index in [4.69, 9.17) is 0 Å². The van der Waals surface area contributed by atoms with Gasteiger partial charge in [0, 0.05) is 18.8 Å². The fraction of sp³-hybridized carbons (Fsp3) is 0.647. The third kappa shape index (κ3) is 7.93. The Balaban J connectivity index is 2.34. The van der Waals surface area contributed by atoms with E-state index in [0.29, 0.717) is 13.1 Å². The van der Waals surface area contributed by atoms with Crippen molar-refractivity contribution in [2.75, 3.05) is 31.5 Å². The molecule has 4 nitrogen and oxygen atoms in total. The number of phenols is 1. The molecule has 0 aromatic heterocycles. The van der Waals surface area contributed by atoms with E-state index in [0.717, 1.165) is 18.8 Å². The van der Waals surface area contributed by atoms with Crippen LogP contribution in [-0.4, -0.2) is 47.4 Å². The van der Waals surface area contributed by atoms with Crippen LogP contribution in [0.4, 0.5) is 5.69 Å². The highest BCUT2D eigenvalue weighted by molar-refractivity contribution is 5.45. The Bertz CT molecular complexity index is 360. The molecule has 0 saturated carbocycles. The molecule has 4 heteroatoms. The summed E-state index contributed by atoms with van der Waals surface area (Å²) >= 11 is 0. The molecule has 1 unspecified atom stereocenters. The minimum Gasteiger partial charge on any atom is -0.508 e. The number of hydrogen-bond donors (Lipinski definition) is 3. The van der Waals surface area contributed by atoms with Gasteiger partial charge in [-0.15, -0.1) is 0 Å². The second-order valence-electron chi connectivity index (χ2n) is 5.59. The lowest BCUT2D eigenvalue weighted by molar-refractivity contribution is 0.119. The van der Waals surface area contributed by atoms with Gasteiger partial charge < -0.3 is 20.4 Å². The summed E-state index contributed by atoms with van der Waals surface area (Å²) in [6.45, 7) is 7.76. The highest BCUT2D eigenvalue weighted by Crippen LogP contribution is 2.13. The molecule has 21 heavy (non-hydrogen) atoms. The summed E-state index contributed by atoms with van der Waals surface area (Å²) < 4.78 is 0. The van der Waals surface area contributed by atoms with Gasteiger partial charge in [-0.3, -0.25) is 0 Å². The van der Waals surface area contributed by atoms with E-state index >= 15 is 0 Å². The summed E-state index contributed by atoms with van der Waals surface area (Å²) in [7, 11) is 0. The van der Waals surface area contributed by atoms with Gasteiger partial charge in [-0.1, -0.05) is 26.7 Å². The van der Waals surface area contributed by atoms with Gasteiger partial charge in [0.1, 0.15) is 5.75 Å². The largest absolute Gasteiger partial charge is 0.508 e. The first-order valence-corrected chi connectivity index (χ1v) is 8.09. The number of aliphatic hydroxyl groups excluding tert-OH is 1. The van der Waals surface area contributed by atoms with Crippen LogP contribution >= 0.6 is 0 Å². The van der Waals surface area contributed by atoms with Crippen molar-refractivity contribution >= 4 is 5.69 Å². The Morgan fingerprint density at radius 3 is 2.14 bits per heavy atom. The Kier molecular flexibility index (Phi) is 8.87. The number of phenolic OH excluding ortho intramolecular Hbond substituents is 1. The summed E-state index contributed by atoms with van der Waals surface area (Å²) in [6, 6.07) is 6.91. The van der Waals surface area contributed by atoms with Crippen molar-refractivity contribution < 1.29 is 10.2 Å². The van der Waals surface area contributed by atoms with E-state index < -0.39 is 0 Å². The summed E-state index contributed by atoms with van der Waals surface area (Å²) in [6.07, 6.45) is 4.35. The molecule has 0 saturated heterocycles.